The van der Waals surface area contributed by atoms with Crippen molar-refractivity contribution in [1.29, 1.82) is 5.41 Å². The van der Waals surface area contributed by atoms with Crippen LogP contribution in [-0.2, 0) is 0 Å². The lowest BCUT2D eigenvalue weighted by Gasteiger charge is -1.99. The summed E-state index contributed by atoms with van der Waals surface area (Å²) in [5.74, 6) is 0. The van der Waals surface area contributed by atoms with Gasteiger partial charge in [-0.1, -0.05) is 28.1 Å². The maximum absolute atomic E-state index is 7.07. The van der Waals surface area contributed by atoms with E-state index in [1.54, 1.807) is 0 Å². The van der Waals surface area contributed by atoms with Gasteiger partial charge in [0.25, 0.3) is 0 Å². The molecule has 0 amide bonds. The topological polar surface area (TPSA) is 23.9 Å². The van der Waals surface area contributed by atoms with Gasteiger partial charge >= 0.3 is 0 Å². The fraction of sp³-hybridized carbons (Fsp3) is 0.125. The van der Waals surface area contributed by atoms with Crippen molar-refractivity contribution >= 4 is 22.1 Å². The molecule has 10 heavy (non-hydrogen) atoms. The zero-order valence-corrected chi connectivity index (χ0v) is 7.27. The number of aryl methyl sites for hydroxylation is 1. The third-order valence-electron chi connectivity index (χ3n) is 1.42. The van der Waals surface area contributed by atoms with Crippen LogP contribution in [0.15, 0.2) is 22.7 Å². The van der Waals surface area contributed by atoms with Gasteiger partial charge in [0.15, 0.2) is 0 Å². The van der Waals surface area contributed by atoms with Crippen molar-refractivity contribution in [3.63, 3.8) is 0 Å². The van der Waals surface area contributed by atoms with Crippen LogP contribution in [-0.4, -0.2) is 6.21 Å². The first-order chi connectivity index (χ1) is 4.75. The minimum Gasteiger partial charge on any atom is -0.308 e. The fourth-order valence-electron chi connectivity index (χ4n) is 0.828. The average Bonchev–Trinajstić information content (AvgIpc) is 1.88. The highest BCUT2D eigenvalue weighted by Gasteiger charge is 1.97. The Balaban J connectivity index is 3.30. The molecule has 0 aliphatic carbocycles. The van der Waals surface area contributed by atoms with E-state index in [9.17, 15) is 0 Å². The Morgan fingerprint density at radius 3 is 2.60 bits per heavy atom. The highest BCUT2D eigenvalue weighted by atomic mass is 79.9. The number of hydrogen-bond donors (Lipinski definition) is 1. The second-order valence-electron chi connectivity index (χ2n) is 2.11. The second-order valence-corrected chi connectivity index (χ2v) is 2.97. The molecule has 0 aliphatic rings. The van der Waals surface area contributed by atoms with Crippen LogP contribution in [0.1, 0.15) is 11.1 Å². The van der Waals surface area contributed by atoms with Gasteiger partial charge < -0.3 is 5.41 Å². The molecule has 1 N–H and O–H groups in total. The molecule has 0 heterocycles. The van der Waals surface area contributed by atoms with Crippen molar-refractivity contribution in [1.82, 2.24) is 0 Å². The normalized spacial score (nSPS) is 9.40. The molecule has 1 nitrogen and oxygen atoms in total. The molecule has 0 aromatic heterocycles. The Kier molecular flexibility index (Phi) is 2.22. The number of hydrogen-bond acceptors (Lipinski definition) is 1. The number of rotatable bonds is 1. The summed E-state index contributed by atoms with van der Waals surface area (Å²) in [7, 11) is 0. The van der Waals surface area contributed by atoms with E-state index in [2.05, 4.69) is 15.9 Å². The van der Waals surface area contributed by atoms with Crippen molar-refractivity contribution in [2.24, 2.45) is 0 Å². The maximum Gasteiger partial charge on any atom is 0.0265 e. The van der Waals surface area contributed by atoms with Crippen LogP contribution in [0.25, 0.3) is 0 Å². The molecular weight excluding hydrogens is 190 g/mol. The lowest BCUT2D eigenvalue weighted by molar-refractivity contribution is 1.41. The van der Waals surface area contributed by atoms with Crippen LogP contribution in [0.2, 0.25) is 0 Å². The largest absolute Gasteiger partial charge is 0.308 e. The molecular formula is C8H8BrN. The summed E-state index contributed by atoms with van der Waals surface area (Å²) in [6, 6.07) is 5.89. The van der Waals surface area contributed by atoms with Gasteiger partial charge in [-0.25, -0.2) is 0 Å². The molecule has 0 unspecified atom stereocenters. The van der Waals surface area contributed by atoms with Crippen LogP contribution >= 0.6 is 15.9 Å². The Hall–Kier alpha value is -0.630. The quantitative estimate of drug-likeness (QED) is 0.671. The van der Waals surface area contributed by atoms with E-state index in [1.807, 2.05) is 25.1 Å². The fourth-order valence-corrected chi connectivity index (χ4v) is 1.41. The highest BCUT2D eigenvalue weighted by molar-refractivity contribution is 9.10. The van der Waals surface area contributed by atoms with E-state index in [0.29, 0.717) is 0 Å². The molecule has 0 saturated carbocycles. The van der Waals surface area contributed by atoms with Gasteiger partial charge in [0.05, 0.1) is 0 Å². The first-order valence-corrected chi connectivity index (χ1v) is 3.80. The Morgan fingerprint density at radius 1 is 1.50 bits per heavy atom. The summed E-state index contributed by atoms with van der Waals surface area (Å²) in [6.07, 6.45) is 1.36. The monoisotopic (exact) mass is 197 g/mol. The minimum absolute atomic E-state index is 0.961. The summed E-state index contributed by atoms with van der Waals surface area (Å²) in [5, 5.41) is 7.07. The van der Waals surface area contributed by atoms with Crippen LogP contribution in [0, 0.1) is 12.3 Å². The van der Waals surface area contributed by atoms with Gasteiger partial charge in [-0.3, -0.25) is 0 Å². The van der Waals surface area contributed by atoms with Gasteiger partial charge in [-0.15, -0.1) is 0 Å². The van der Waals surface area contributed by atoms with Crippen molar-refractivity contribution in [3.05, 3.63) is 33.8 Å². The van der Waals surface area contributed by atoms with Crippen molar-refractivity contribution in [2.45, 2.75) is 6.92 Å². The number of benzene rings is 1. The molecule has 0 aliphatic heterocycles. The van der Waals surface area contributed by atoms with Crippen LogP contribution < -0.4 is 0 Å². The predicted molar refractivity (Wildman–Crippen MR) is 46.8 cm³/mol. The summed E-state index contributed by atoms with van der Waals surface area (Å²) in [4.78, 5) is 0. The summed E-state index contributed by atoms with van der Waals surface area (Å²) < 4.78 is 0.988. The molecule has 1 rings (SSSR count). The standard InChI is InChI=1S/C8H8BrN/c1-6-3-2-4-8(9)7(6)5-10/h2-5,10H,1H3. The number of nitrogens with one attached hydrogen (secondary N) is 1. The molecule has 0 saturated heterocycles. The highest BCUT2D eigenvalue weighted by Crippen LogP contribution is 2.17. The second kappa shape index (κ2) is 2.97. The van der Waals surface area contributed by atoms with Crippen LogP contribution in [0.4, 0.5) is 0 Å². The first-order valence-electron chi connectivity index (χ1n) is 3.01. The molecule has 2 heteroatoms. The number of halogens is 1. The SMILES string of the molecule is Cc1cccc(Br)c1C=N. The average molecular weight is 198 g/mol. The maximum atomic E-state index is 7.07. The minimum atomic E-state index is 0.961. The van der Waals surface area contributed by atoms with E-state index in [0.717, 1.165) is 15.6 Å². The Morgan fingerprint density at radius 2 is 2.20 bits per heavy atom. The predicted octanol–water partition coefficient (Wildman–Crippen LogP) is 2.76. The van der Waals surface area contributed by atoms with Crippen LogP contribution in [0.3, 0.4) is 0 Å². The van der Waals surface area contributed by atoms with E-state index >= 15 is 0 Å². The van der Waals surface area contributed by atoms with Gasteiger partial charge in [0.2, 0.25) is 0 Å². The van der Waals surface area contributed by atoms with E-state index in [-0.39, 0.29) is 0 Å². The zero-order valence-electron chi connectivity index (χ0n) is 5.69. The van der Waals surface area contributed by atoms with Crippen LogP contribution in [0.5, 0.6) is 0 Å². The van der Waals surface area contributed by atoms with E-state index < -0.39 is 0 Å². The van der Waals surface area contributed by atoms with Crippen molar-refractivity contribution in [3.8, 4) is 0 Å². The molecule has 52 valence electrons. The Labute approximate surface area is 68.7 Å². The lowest BCUT2D eigenvalue weighted by atomic mass is 10.1. The summed E-state index contributed by atoms with van der Waals surface area (Å²) in [6.45, 7) is 1.99. The lowest BCUT2D eigenvalue weighted by Crippen LogP contribution is -1.86. The van der Waals surface area contributed by atoms with Gasteiger partial charge in [0.1, 0.15) is 0 Å². The van der Waals surface area contributed by atoms with Gasteiger partial charge in [-0.05, 0) is 18.6 Å². The van der Waals surface area contributed by atoms with E-state index in [1.165, 1.54) is 6.21 Å². The smallest absolute Gasteiger partial charge is 0.0265 e. The third kappa shape index (κ3) is 1.27. The molecule has 0 radical (unpaired) electrons. The van der Waals surface area contributed by atoms with Crippen molar-refractivity contribution in [2.75, 3.05) is 0 Å². The first kappa shape index (κ1) is 7.48. The molecule has 1 aromatic rings. The van der Waals surface area contributed by atoms with Gasteiger partial charge in [-0.2, -0.15) is 0 Å². The third-order valence-corrected chi connectivity index (χ3v) is 2.11. The molecule has 1 aromatic carbocycles. The summed E-state index contributed by atoms with van der Waals surface area (Å²) in [5.41, 5.74) is 2.09. The summed E-state index contributed by atoms with van der Waals surface area (Å²) >= 11 is 3.36. The molecule has 0 bridgehead atoms. The molecule has 0 atom stereocenters. The Bertz CT molecular complexity index is 235. The van der Waals surface area contributed by atoms with Gasteiger partial charge in [0, 0.05) is 16.3 Å². The molecule has 0 fully saturated rings. The van der Waals surface area contributed by atoms with Crippen molar-refractivity contribution < 1.29 is 0 Å². The zero-order chi connectivity index (χ0) is 7.56. The van der Waals surface area contributed by atoms with E-state index in [4.69, 9.17) is 5.41 Å². The molecule has 0 spiro atoms.